The van der Waals surface area contributed by atoms with Crippen LogP contribution in [0.15, 0.2) is 104 Å². The summed E-state index contributed by atoms with van der Waals surface area (Å²) in [7, 11) is -2.82. The number of allylic oxidation sites excluding steroid dienone is 2. The number of hydrogen-bond donors (Lipinski definition) is 0. The monoisotopic (exact) mass is 400 g/mol. The van der Waals surface area contributed by atoms with Gasteiger partial charge in [0.05, 0.1) is 0 Å². The van der Waals surface area contributed by atoms with Crippen molar-refractivity contribution >= 4 is 13.7 Å². The van der Waals surface area contributed by atoms with Gasteiger partial charge in [-0.3, -0.25) is 0 Å². The van der Waals surface area contributed by atoms with E-state index in [9.17, 15) is 0 Å². The Labute approximate surface area is 175 Å². The van der Waals surface area contributed by atoms with Crippen molar-refractivity contribution in [2.24, 2.45) is 0 Å². The Morgan fingerprint density at radius 3 is 1.59 bits per heavy atom. The Hall–Kier alpha value is -3.04. The Kier molecular flexibility index (Phi) is 7.09. The second-order valence-electron chi connectivity index (χ2n) is 6.88. The molecule has 0 spiro atoms. The van der Waals surface area contributed by atoms with E-state index in [1.54, 1.807) is 0 Å². The molecule has 0 aliphatic carbocycles. The lowest BCUT2D eigenvalue weighted by Crippen LogP contribution is -2.59. The first-order valence-electron chi connectivity index (χ1n) is 10.0. The number of hydrogen-bond acceptors (Lipinski definition) is 2. The lowest BCUT2D eigenvalue weighted by atomic mass is 10.1. The third kappa shape index (κ3) is 4.87. The molecule has 0 saturated carbocycles. The average Bonchev–Trinajstić information content (AvgIpc) is 2.77. The molecule has 0 heterocycles. The number of rotatable bonds is 10. The molecule has 0 bridgehead atoms. The van der Waals surface area contributed by atoms with Crippen molar-refractivity contribution in [1.82, 2.24) is 0 Å². The predicted octanol–water partition coefficient (Wildman–Crippen LogP) is 5.97. The summed E-state index contributed by atoms with van der Waals surface area (Å²) in [6.07, 6.45) is 5.32. The highest BCUT2D eigenvalue weighted by molar-refractivity contribution is 6.82. The van der Waals surface area contributed by atoms with Gasteiger partial charge in [-0.2, -0.15) is 0 Å². The van der Waals surface area contributed by atoms with E-state index in [1.807, 2.05) is 66.7 Å². The lowest BCUT2D eigenvalue weighted by Gasteiger charge is -2.32. The molecule has 0 aromatic heterocycles. The summed E-state index contributed by atoms with van der Waals surface area (Å²) in [6.45, 7) is 9.92. The third-order valence-electron chi connectivity index (χ3n) is 4.90. The summed E-state index contributed by atoms with van der Waals surface area (Å²) < 4.78 is 13.6. The van der Waals surface area contributed by atoms with Crippen LogP contribution in [0.25, 0.3) is 0 Å². The molecule has 3 rings (SSSR count). The van der Waals surface area contributed by atoms with E-state index in [0.29, 0.717) is 0 Å². The molecule has 0 amide bonds. The van der Waals surface area contributed by atoms with Crippen LogP contribution in [0.4, 0.5) is 0 Å². The van der Waals surface area contributed by atoms with Crippen LogP contribution in [0.2, 0.25) is 6.04 Å². The van der Waals surface area contributed by atoms with Crippen molar-refractivity contribution in [2.75, 3.05) is 0 Å². The van der Waals surface area contributed by atoms with E-state index in [2.05, 4.69) is 44.3 Å². The van der Waals surface area contributed by atoms with E-state index in [-0.39, 0.29) is 0 Å². The van der Waals surface area contributed by atoms with E-state index in [0.717, 1.165) is 46.7 Å². The second kappa shape index (κ2) is 9.94. The molecule has 2 nitrogen and oxygen atoms in total. The molecular weight excluding hydrogens is 372 g/mol. The maximum atomic E-state index is 6.80. The number of benzene rings is 3. The zero-order valence-electron chi connectivity index (χ0n) is 17.0. The van der Waals surface area contributed by atoms with Gasteiger partial charge in [-0.15, -0.1) is 13.2 Å². The SMILES string of the molecule is C=CCc1ccccc1O[Si](CC)(Oc1ccccc1CC=C)c1ccccc1. The van der Waals surface area contributed by atoms with Crippen LogP contribution in [-0.2, 0) is 12.8 Å². The first kappa shape index (κ1) is 20.7. The largest absolute Gasteiger partial charge is 0.508 e. The van der Waals surface area contributed by atoms with E-state index >= 15 is 0 Å². The summed E-state index contributed by atoms with van der Waals surface area (Å²) in [4.78, 5) is 0. The maximum Gasteiger partial charge on any atom is 0.495 e. The van der Waals surface area contributed by atoms with Crippen molar-refractivity contribution < 1.29 is 8.85 Å². The van der Waals surface area contributed by atoms with Crippen LogP contribution >= 0.6 is 0 Å². The first-order valence-corrected chi connectivity index (χ1v) is 12.1. The molecule has 3 aromatic rings. The molecule has 0 atom stereocenters. The topological polar surface area (TPSA) is 18.5 Å². The number of para-hydroxylation sites is 2. The zero-order valence-corrected chi connectivity index (χ0v) is 18.0. The van der Waals surface area contributed by atoms with Crippen molar-refractivity contribution in [2.45, 2.75) is 25.8 Å². The highest BCUT2D eigenvalue weighted by Crippen LogP contribution is 2.28. The summed E-state index contributed by atoms with van der Waals surface area (Å²) in [5.74, 6) is 1.73. The minimum Gasteiger partial charge on any atom is -0.508 e. The molecule has 0 aliphatic heterocycles. The average molecular weight is 401 g/mol. The maximum absolute atomic E-state index is 6.80. The first-order chi connectivity index (χ1) is 14.2. The molecule has 0 unspecified atom stereocenters. The normalized spacial score (nSPS) is 10.9. The standard InChI is InChI=1S/C26H28O2Si/c1-4-14-22-16-10-12-20-25(22)27-29(6-3,24-18-8-7-9-19-24)28-26-21-13-11-17-23(26)15-5-2/h4-5,7-13,16-21H,1-2,6,14-15H2,3H3. The van der Waals surface area contributed by atoms with Crippen molar-refractivity contribution in [3.8, 4) is 11.5 Å². The van der Waals surface area contributed by atoms with Crippen LogP contribution in [0.3, 0.4) is 0 Å². The van der Waals surface area contributed by atoms with Crippen LogP contribution < -0.4 is 14.0 Å². The second-order valence-corrected chi connectivity index (χ2v) is 10.1. The molecule has 0 aliphatic rings. The van der Waals surface area contributed by atoms with Crippen molar-refractivity contribution in [3.63, 3.8) is 0 Å². The molecule has 0 radical (unpaired) electrons. The fourth-order valence-electron chi connectivity index (χ4n) is 3.39. The lowest BCUT2D eigenvalue weighted by molar-refractivity contribution is 0.396. The molecule has 148 valence electrons. The van der Waals surface area contributed by atoms with Gasteiger partial charge in [0.25, 0.3) is 0 Å². The van der Waals surface area contributed by atoms with Gasteiger partial charge in [-0.25, -0.2) is 0 Å². The highest BCUT2D eigenvalue weighted by atomic mass is 28.4. The summed E-state index contributed by atoms with van der Waals surface area (Å²) in [5.41, 5.74) is 2.23. The predicted molar refractivity (Wildman–Crippen MR) is 124 cm³/mol. The highest BCUT2D eigenvalue weighted by Gasteiger charge is 2.43. The Morgan fingerprint density at radius 2 is 1.14 bits per heavy atom. The van der Waals surface area contributed by atoms with Gasteiger partial charge in [0.2, 0.25) is 0 Å². The fraction of sp³-hybridized carbons (Fsp3) is 0.154. The van der Waals surface area contributed by atoms with E-state index < -0.39 is 8.56 Å². The fourth-order valence-corrected chi connectivity index (χ4v) is 6.17. The quantitative estimate of drug-likeness (QED) is 0.308. The Bertz CT molecular complexity index is 894. The van der Waals surface area contributed by atoms with Gasteiger partial charge in [0, 0.05) is 11.2 Å². The summed E-state index contributed by atoms with van der Waals surface area (Å²) in [6, 6.07) is 27.4. The minimum absolute atomic E-state index is 0.756. The zero-order chi connectivity index (χ0) is 20.5. The van der Waals surface area contributed by atoms with Crippen LogP contribution in [0, 0.1) is 0 Å². The van der Waals surface area contributed by atoms with Gasteiger partial charge in [0.15, 0.2) is 0 Å². The smallest absolute Gasteiger partial charge is 0.495 e. The minimum atomic E-state index is -2.82. The molecule has 0 N–H and O–H groups in total. The Morgan fingerprint density at radius 1 is 0.690 bits per heavy atom. The molecule has 3 aromatic carbocycles. The molecule has 3 heteroatoms. The van der Waals surface area contributed by atoms with Crippen LogP contribution in [-0.4, -0.2) is 8.56 Å². The summed E-state index contributed by atoms with van der Waals surface area (Å²) >= 11 is 0. The van der Waals surface area contributed by atoms with Crippen molar-refractivity contribution in [1.29, 1.82) is 0 Å². The summed E-state index contributed by atoms with van der Waals surface area (Å²) in [5, 5.41) is 1.12. The van der Waals surface area contributed by atoms with Gasteiger partial charge >= 0.3 is 8.56 Å². The van der Waals surface area contributed by atoms with E-state index in [1.165, 1.54) is 0 Å². The molecule has 0 saturated heterocycles. The third-order valence-corrected chi connectivity index (χ3v) is 8.15. The molecule has 0 fully saturated rings. The van der Waals surface area contributed by atoms with Gasteiger partial charge < -0.3 is 8.85 Å². The molecule has 29 heavy (non-hydrogen) atoms. The Balaban J connectivity index is 2.08. The van der Waals surface area contributed by atoms with E-state index in [4.69, 9.17) is 8.85 Å². The van der Waals surface area contributed by atoms with Gasteiger partial charge in [-0.05, 0) is 36.1 Å². The van der Waals surface area contributed by atoms with Gasteiger partial charge in [0.1, 0.15) is 11.5 Å². The molecular formula is C26H28O2Si. The van der Waals surface area contributed by atoms with Crippen LogP contribution in [0.1, 0.15) is 18.1 Å². The van der Waals surface area contributed by atoms with Crippen LogP contribution in [0.5, 0.6) is 11.5 Å². The van der Waals surface area contributed by atoms with Gasteiger partial charge in [-0.1, -0.05) is 85.8 Å². The van der Waals surface area contributed by atoms with Crippen molar-refractivity contribution in [3.05, 3.63) is 115 Å².